The Morgan fingerprint density at radius 2 is 2.11 bits per heavy atom. The summed E-state index contributed by atoms with van der Waals surface area (Å²) < 4.78 is 28.1. The summed E-state index contributed by atoms with van der Waals surface area (Å²) >= 11 is 0. The third-order valence-corrected chi connectivity index (χ3v) is 4.05. The Kier molecular flexibility index (Phi) is 5.25. The molecular weight excluding hydrogens is 266 g/mol. The lowest BCUT2D eigenvalue weighted by molar-refractivity contribution is -0.120. The van der Waals surface area contributed by atoms with Gasteiger partial charge in [0.2, 0.25) is 0 Å². The van der Waals surface area contributed by atoms with Crippen molar-refractivity contribution in [3.05, 3.63) is 12.0 Å². The first kappa shape index (κ1) is 15.8. The number of ketones is 1. The maximum absolute atomic E-state index is 12.0. The number of nitrogens with one attached hydrogen (secondary N) is 1. The highest BCUT2D eigenvalue weighted by Gasteiger charge is 2.20. The lowest BCUT2D eigenvalue weighted by atomic mass is 10.1. The van der Waals surface area contributed by atoms with Gasteiger partial charge in [-0.3, -0.25) is 4.79 Å². The predicted molar refractivity (Wildman–Crippen MR) is 72.3 cm³/mol. The van der Waals surface area contributed by atoms with Crippen LogP contribution in [0.15, 0.2) is 11.2 Å². The van der Waals surface area contributed by atoms with E-state index < -0.39 is 10.0 Å². The van der Waals surface area contributed by atoms with Crippen molar-refractivity contribution in [3.8, 4) is 0 Å². The highest BCUT2D eigenvalue weighted by molar-refractivity contribution is 7.89. The van der Waals surface area contributed by atoms with E-state index in [0.717, 1.165) is 13.0 Å². The topological polar surface area (TPSA) is 81.1 Å². The van der Waals surface area contributed by atoms with E-state index >= 15 is 0 Å². The SMILES string of the molecule is CCCn1cc(S(=O)(=O)NCC(=O)C(C)C)nc1C. The van der Waals surface area contributed by atoms with Gasteiger partial charge in [-0.05, 0) is 13.3 Å². The largest absolute Gasteiger partial charge is 0.334 e. The Morgan fingerprint density at radius 1 is 1.47 bits per heavy atom. The van der Waals surface area contributed by atoms with E-state index in [1.165, 1.54) is 6.20 Å². The van der Waals surface area contributed by atoms with E-state index in [1.54, 1.807) is 25.3 Å². The van der Waals surface area contributed by atoms with Crippen molar-refractivity contribution in [2.45, 2.75) is 45.7 Å². The van der Waals surface area contributed by atoms with Gasteiger partial charge < -0.3 is 4.57 Å². The van der Waals surface area contributed by atoms with E-state index in [0.29, 0.717) is 5.82 Å². The second-order valence-electron chi connectivity index (χ2n) is 4.77. The number of imidazole rings is 1. The summed E-state index contributed by atoms with van der Waals surface area (Å²) in [6, 6.07) is 0. The molecule has 6 nitrogen and oxygen atoms in total. The molecule has 0 aromatic carbocycles. The predicted octanol–water partition coefficient (Wildman–Crippen LogP) is 1.10. The van der Waals surface area contributed by atoms with Gasteiger partial charge in [-0.2, -0.15) is 0 Å². The molecule has 0 amide bonds. The molecule has 1 heterocycles. The van der Waals surface area contributed by atoms with Gasteiger partial charge in [0.15, 0.2) is 5.03 Å². The number of nitrogens with zero attached hydrogens (tertiary/aromatic N) is 2. The molecule has 1 N–H and O–H groups in total. The molecule has 19 heavy (non-hydrogen) atoms. The molecule has 0 saturated carbocycles. The second kappa shape index (κ2) is 6.29. The minimum Gasteiger partial charge on any atom is -0.334 e. The molecule has 0 fully saturated rings. The van der Waals surface area contributed by atoms with Crippen LogP contribution in [0, 0.1) is 12.8 Å². The van der Waals surface area contributed by atoms with Crippen molar-refractivity contribution in [2.75, 3.05) is 6.54 Å². The summed E-state index contributed by atoms with van der Waals surface area (Å²) in [6.07, 6.45) is 2.40. The Labute approximate surface area is 114 Å². The normalized spacial score (nSPS) is 12.1. The molecule has 108 valence electrons. The van der Waals surface area contributed by atoms with Crippen molar-refractivity contribution in [2.24, 2.45) is 5.92 Å². The number of sulfonamides is 1. The quantitative estimate of drug-likeness (QED) is 0.814. The zero-order chi connectivity index (χ0) is 14.6. The second-order valence-corrected chi connectivity index (χ2v) is 6.48. The van der Waals surface area contributed by atoms with Gasteiger partial charge in [-0.25, -0.2) is 18.1 Å². The molecule has 0 aliphatic rings. The van der Waals surface area contributed by atoms with Crippen LogP contribution in [0.1, 0.15) is 33.0 Å². The van der Waals surface area contributed by atoms with Gasteiger partial charge in [-0.1, -0.05) is 20.8 Å². The molecule has 0 aliphatic carbocycles. The molecule has 0 bridgehead atoms. The summed E-state index contributed by atoms with van der Waals surface area (Å²) in [5.41, 5.74) is 0. The fraction of sp³-hybridized carbons (Fsp3) is 0.667. The Morgan fingerprint density at radius 3 is 2.63 bits per heavy atom. The molecule has 1 aromatic rings. The number of carbonyl (C=O) groups excluding carboxylic acids is 1. The van der Waals surface area contributed by atoms with Crippen molar-refractivity contribution >= 4 is 15.8 Å². The van der Waals surface area contributed by atoms with Crippen molar-refractivity contribution < 1.29 is 13.2 Å². The third-order valence-electron chi connectivity index (χ3n) is 2.77. The summed E-state index contributed by atoms with van der Waals surface area (Å²) in [5.74, 6) is 0.313. The molecule has 0 saturated heterocycles. The minimum absolute atomic E-state index is 0.0324. The van der Waals surface area contributed by atoms with Crippen LogP contribution in [0.4, 0.5) is 0 Å². The van der Waals surface area contributed by atoms with Crippen LogP contribution in [0.3, 0.4) is 0 Å². The zero-order valence-corrected chi connectivity index (χ0v) is 12.6. The maximum atomic E-state index is 12.0. The van der Waals surface area contributed by atoms with Gasteiger partial charge in [0, 0.05) is 18.7 Å². The Balaban J connectivity index is 2.83. The number of hydrogen-bond acceptors (Lipinski definition) is 4. The van der Waals surface area contributed by atoms with Crippen LogP contribution in [0.25, 0.3) is 0 Å². The van der Waals surface area contributed by atoms with Gasteiger partial charge in [-0.15, -0.1) is 0 Å². The summed E-state index contributed by atoms with van der Waals surface area (Å²) in [5, 5.41) is -0.0324. The Bertz CT molecular complexity index is 547. The molecule has 1 rings (SSSR count). The first-order valence-electron chi connectivity index (χ1n) is 6.34. The van der Waals surface area contributed by atoms with E-state index in [-0.39, 0.29) is 23.3 Å². The standard InChI is InChI=1S/C12H21N3O3S/c1-5-6-15-8-12(14-10(15)4)19(17,18)13-7-11(16)9(2)3/h8-9,13H,5-7H2,1-4H3. The molecule has 0 spiro atoms. The third kappa shape index (κ3) is 4.14. The number of aromatic nitrogens is 2. The van der Waals surface area contributed by atoms with Gasteiger partial charge in [0.1, 0.15) is 11.6 Å². The smallest absolute Gasteiger partial charge is 0.259 e. The molecule has 0 aliphatic heterocycles. The van der Waals surface area contributed by atoms with E-state index in [1.807, 2.05) is 6.92 Å². The average molecular weight is 287 g/mol. The summed E-state index contributed by atoms with van der Waals surface area (Å²) in [7, 11) is -3.71. The monoisotopic (exact) mass is 287 g/mol. The number of aryl methyl sites for hydroxylation is 2. The van der Waals surface area contributed by atoms with Crippen LogP contribution in [-0.4, -0.2) is 30.3 Å². The fourth-order valence-electron chi connectivity index (χ4n) is 1.52. The number of hydrogen-bond donors (Lipinski definition) is 1. The lowest BCUT2D eigenvalue weighted by Crippen LogP contribution is -2.31. The van der Waals surface area contributed by atoms with Crippen LogP contribution < -0.4 is 4.72 Å². The van der Waals surface area contributed by atoms with Gasteiger partial charge in [0.05, 0.1) is 6.54 Å². The van der Waals surface area contributed by atoms with E-state index in [9.17, 15) is 13.2 Å². The number of Topliss-reactive ketones (excluding diaryl/α,β-unsaturated/α-hetero) is 1. The number of rotatable bonds is 7. The van der Waals surface area contributed by atoms with Crippen LogP contribution >= 0.6 is 0 Å². The number of carbonyl (C=O) groups is 1. The summed E-state index contributed by atoms with van der Waals surface area (Å²) in [4.78, 5) is 15.5. The van der Waals surface area contributed by atoms with E-state index in [2.05, 4.69) is 9.71 Å². The fourth-order valence-corrected chi connectivity index (χ4v) is 2.52. The zero-order valence-electron chi connectivity index (χ0n) is 11.8. The first-order chi connectivity index (χ1) is 8.77. The van der Waals surface area contributed by atoms with Gasteiger partial charge >= 0.3 is 0 Å². The average Bonchev–Trinajstić information content (AvgIpc) is 2.69. The minimum atomic E-state index is -3.71. The molecule has 7 heteroatoms. The highest BCUT2D eigenvalue weighted by atomic mass is 32.2. The summed E-state index contributed by atoms with van der Waals surface area (Å²) in [6.45, 7) is 7.76. The van der Waals surface area contributed by atoms with Gasteiger partial charge in [0.25, 0.3) is 10.0 Å². The Hall–Kier alpha value is -1.21. The molecular formula is C12H21N3O3S. The van der Waals surface area contributed by atoms with Crippen LogP contribution in [-0.2, 0) is 21.4 Å². The highest BCUT2D eigenvalue weighted by Crippen LogP contribution is 2.09. The van der Waals surface area contributed by atoms with Crippen LogP contribution in [0.2, 0.25) is 0 Å². The van der Waals surface area contributed by atoms with Crippen LogP contribution in [0.5, 0.6) is 0 Å². The molecule has 0 radical (unpaired) electrons. The maximum Gasteiger partial charge on any atom is 0.259 e. The van der Waals surface area contributed by atoms with Crippen molar-refractivity contribution in [3.63, 3.8) is 0 Å². The van der Waals surface area contributed by atoms with Crippen molar-refractivity contribution in [1.29, 1.82) is 0 Å². The molecule has 1 aromatic heterocycles. The molecule has 0 atom stereocenters. The van der Waals surface area contributed by atoms with Crippen molar-refractivity contribution in [1.82, 2.24) is 14.3 Å². The first-order valence-corrected chi connectivity index (χ1v) is 7.82. The molecule has 0 unspecified atom stereocenters. The lowest BCUT2D eigenvalue weighted by Gasteiger charge is -2.05. The van der Waals surface area contributed by atoms with E-state index in [4.69, 9.17) is 0 Å².